The Balaban J connectivity index is 1.45. The number of carbonyl (C=O) groups is 1. The van der Waals surface area contributed by atoms with Gasteiger partial charge in [-0.05, 0) is 43.5 Å². The van der Waals surface area contributed by atoms with Crippen LogP contribution in [0, 0.1) is 34.3 Å². The average Bonchev–Trinajstić information content (AvgIpc) is 2.84. The van der Waals surface area contributed by atoms with Crippen molar-refractivity contribution in [1.82, 2.24) is 10.2 Å². The lowest BCUT2D eigenvalue weighted by molar-refractivity contribution is -0.384. The second-order valence-corrected chi connectivity index (χ2v) is 7.96. The van der Waals surface area contributed by atoms with Crippen molar-refractivity contribution in [2.24, 2.45) is 5.92 Å². The quantitative estimate of drug-likeness (QED) is 0.466. The van der Waals surface area contributed by atoms with E-state index < -0.39 is 4.92 Å². The first-order valence-electron chi connectivity index (χ1n) is 10.6. The molecule has 2 heterocycles. The van der Waals surface area contributed by atoms with E-state index in [4.69, 9.17) is 0 Å². The van der Waals surface area contributed by atoms with Crippen LogP contribution in [0.2, 0.25) is 0 Å². The number of nitrogens with one attached hydrogen (secondary N) is 1. The Morgan fingerprint density at radius 2 is 2.03 bits per heavy atom. The first kappa shape index (κ1) is 21.9. The van der Waals surface area contributed by atoms with Gasteiger partial charge in [-0.1, -0.05) is 24.3 Å². The number of rotatable bonds is 5. The largest absolute Gasteiger partial charge is 0.354 e. The molecule has 1 fully saturated rings. The van der Waals surface area contributed by atoms with Crippen molar-refractivity contribution in [2.75, 3.05) is 23.3 Å². The molecule has 1 atom stereocenters. The number of benzene rings is 2. The Labute approximate surface area is 190 Å². The Morgan fingerprint density at radius 1 is 1.21 bits per heavy atom. The molecule has 0 aliphatic carbocycles. The molecule has 3 aromatic rings. The molecule has 0 saturated carbocycles. The highest BCUT2D eigenvalue weighted by Crippen LogP contribution is 2.27. The molecule has 0 radical (unpaired) electrons. The minimum atomic E-state index is -0.573. The van der Waals surface area contributed by atoms with Crippen LogP contribution in [0.5, 0.6) is 0 Å². The normalized spacial score (nSPS) is 15.5. The third kappa shape index (κ3) is 4.80. The lowest BCUT2D eigenvalue weighted by Crippen LogP contribution is -2.41. The van der Waals surface area contributed by atoms with E-state index >= 15 is 0 Å². The number of nitriles is 1. The fraction of sp³-hybridized carbons (Fsp3) is 0.250. The summed E-state index contributed by atoms with van der Waals surface area (Å²) in [5.41, 5.74) is 3.09. The lowest BCUT2D eigenvalue weighted by Gasteiger charge is -2.32. The maximum absolute atomic E-state index is 12.9. The summed E-state index contributed by atoms with van der Waals surface area (Å²) in [5.74, 6) is 0.172. The second kappa shape index (κ2) is 9.44. The van der Waals surface area contributed by atoms with Gasteiger partial charge in [-0.25, -0.2) is 0 Å². The molecule has 0 spiro atoms. The van der Waals surface area contributed by atoms with Gasteiger partial charge < -0.3 is 10.2 Å². The maximum atomic E-state index is 12.9. The number of hydrogen-bond acceptors (Lipinski definition) is 7. The Hall–Kier alpha value is -4.32. The average molecular weight is 442 g/mol. The van der Waals surface area contributed by atoms with Crippen LogP contribution < -0.4 is 10.2 Å². The predicted molar refractivity (Wildman–Crippen MR) is 124 cm³/mol. The number of aromatic nitrogens is 2. The highest BCUT2D eigenvalue weighted by atomic mass is 16.6. The molecule has 1 saturated heterocycles. The van der Waals surface area contributed by atoms with Gasteiger partial charge in [0.1, 0.15) is 6.07 Å². The number of aryl methyl sites for hydroxylation is 1. The summed E-state index contributed by atoms with van der Waals surface area (Å²) >= 11 is 0. The summed E-state index contributed by atoms with van der Waals surface area (Å²) in [6.45, 7) is 3.27. The van der Waals surface area contributed by atoms with Crippen LogP contribution in [-0.4, -0.2) is 34.1 Å². The van der Waals surface area contributed by atoms with E-state index in [9.17, 15) is 20.2 Å². The number of piperidine rings is 1. The van der Waals surface area contributed by atoms with E-state index in [0.29, 0.717) is 18.8 Å². The third-order valence-electron chi connectivity index (χ3n) is 5.78. The first-order chi connectivity index (χ1) is 16.0. The molecule has 1 amide bonds. The fourth-order valence-electron chi connectivity index (χ4n) is 3.98. The molecule has 2 aromatic carbocycles. The summed E-state index contributed by atoms with van der Waals surface area (Å²) < 4.78 is 0. The maximum Gasteiger partial charge on any atom is 0.270 e. The van der Waals surface area contributed by atoms with E-state index in [1.165, 1.54) is 12.1 Å². The molecule has 9 heteroatoms. The molecule has 1 aromatic heterocycles. The highest BCUT2D eigenvalue weighted by Gasteiger charge is 2.27. The lowest BCUT2D eigenvalue weighted by atomic mass is 9.96. The van der Waals surface area contributed by atoms with Crippen molar-refractivity contribution in [2.45, 2.75) is 19.8 Å². The summed E-state index contributed by atoms with van der Waals surface area (Å²) in [7, 11) is 0. The van der Waals surface area contributed by atoms with Gasteiger partial charge >= 0.3 is 0 Å². The molecule has 1 N–H and O–H groups in total. The van der Waals surface area contributed by atoms with Crippen molar-refractivity contribution in [3.63, 3.8) is 0 Å². The number of anilines is 2. The summed E-state index contributed by atoms with van der Waals surface area (Å²) in [5, 5.41) is 31.8. The van der Waals surface area contributed by atoms with E-state index in [-0.39, 0.29) is 28.8 Å². The summed E-state index contributed by atoms with van der Waals surface area (Å²) in [6, 6.07) is 17.6. The van der Waals surface area contributed by atoms with E-state index in [0.717, 1.165) is 35.9 Å². The Morgan fingerprint density at radius 3 is 2.73 bits per heavy atom. The van der Waals surface area contributed by atoms with Crippen LogP contribution in [0.4, 0.5) is 17.2 Å². The van der Waals surface area contributed by atoms with Crippen LogP contribution in [0.25, 0.3) is 11.3 Å². The smallest absolute Gasteiger partial charge is 0.270 e. The zero-order valence-electron chi connectivity index (χ0n) is 18.1. The minimum absolute atomic E-state index is 0.0582. The number of nitrogens with zero attached hydrogens (tertiary/aromatic N) is 5. The van der Waals surface area contributed by atoms with Crippen LogP contribution in [0.3, 0.4) is 0 Å². The molecule has 166 valence electrons. The van der Waals surface area contributed by atoms with E-state index in [1.54, 1.807) is 0 Å². The van der Waals surface area contributed by atoms with Gasteiger partial charge in [0.25, 0.3) is 5.69 Å². The molecule has 1 aliphatic heterocycles. The number of nitro groups is 1. The van der Waals surface area contributed by atoms with E-state index in [1.807, 2.05) is 54.3 Å². The van der Waals surface area contributed by atoms with Gasteiger partial charge in [0.15, 0.2) is 5.82 Å². The summed E-state index contributed by atoms with van der Waals surface area (Å²) in [6.07, 6.45) is 1.51. The molecule has 1 unspecified atom stereocenters. The SMILES string of the molecule is Cc1ccccc1-c1ccc(N2CCCC(C(=O)Nc3ccc([N+](=O)[O-])cc3C#N)C2)nn1. The fourth-order valence-corrected chi connectivity index (χ4v) is 3.98. The molecule has 9 nitrogen and oxygen atoms in total. The van der Waals surface area contributed by atoms with Gasteiger partial charge in [-0.3, -0.25) is 14.9 Å². The van der Waals surface area contributed by atoms with Crippen molar-refractivity contribution >= 4 is 23.1 Å². The monoisotopic (exact) mass is 442 g/mol. The Kier molecular flexibility index (Phi) is 6.26. The minimum Gasteiger partial charge on any atom is -0.354 e. The van der Waals surface area contributed by atoms with Crippen molar-refractivity contribution in [3.8, 4) is 17.3 Å². The molecular formula is C24H22N6O3. The van der Waals surface area contributed by atoms with E-state index in [2.05, 4.69) is 15.5 Å². The first-order valence-corrected chi connectivity index (χ1v) is 10.6. The van der Waals surface area contributed by atoms with Gasteiger partial charge in [0.2, 0.25) is 5.91 Å². The highest BCUT2D eigenvalue weighted by molar-refractivity contribution is 5.94. The number of amides is 1. The topological polar surface area (TPSA) is 125 Å². The van der Waals surface area contributed by atoms with Crippen LogP contribution in [-0.2, 0) is 4.79 Å². The predicted octanol–water partition coefficient (Wildman–Crippen LogP) is 4.09. The molecule has 1 aliphatic rings. The molecule has 0 bridgehead atoms. The zero-order chi connectivity index (χ0) is 23.4. The third-order valence-corrected chi connectivity index (χ3v) is 5.78. The van der Waals surface area contributed by atoms with Gasteiger partial charge in [-0.15, -0.1) is 10.2 Å². The number of hydrogen-bond donors (Lipinski definition) is 1. The van der Waals surface area contributed by atoms with Gasteiger partial charge in [-0.2, -0.15) is 5.26 Å². The van der Waals surface area contributed by atoms with Crippen molar-refractivity contribution in [3.05, 3.63) is 75.8 Å². The number of nitro benzene ring substituents is 1. The molecular weight excluding hydrogens is 420 g/mol. The zero-order valence-corrected chi connectivity index (χ0v) is 18.1. The number of non-ortho nitro benzene ring substituents is 1. The molecule has 33 heavy (non-hydrogen) atoms. The van der Waals surface area contributed by atoms with Crippen LogP contribution in [0.1, 0.15) is 24.0 Å². The Bertz CT molecular complexity index is 1240. The number of carbonyl (C=O) groups excluding carboxylic acids is 1. The van der Waals surface area contributed by atoms with Crippen LogP contribution in [0.15, 0.2) is 54.6 Å². The molecule has 4 rings (SSSR count). The van der Waals surface area contributed by atoms with Crippen molar-refractivity contribution in [1.29, 1.82) is 5.26 Å². The second-order valence-electron chi connectivity index (χ2n) is 7.96. The van der Waals surface area contributed by atoms with Gasteiger partial charge in [0.05, 0.1) is 27.8 Å². The summed E-state index contributed by atoms with van der Waals surface area (Å²) in [4.78, 5) is 25.3. The van der Waals surface area contributed by atoms with Crippen LogP contribution >= 0.6 is 0 Å². The standard InChI is InChI=1S/C24H22N6O3/c1-16-5-2-3-7-20(16)22-10-11-23(28-27-22)29-12-4-6-17(15-29)24(31)26-21-9-8-19(30(32)33)13-18(21)14-25/h2-3,5,7-11,13,17H,4,6,12,15H2,1H3,(H,26,31). The van der Waals surface area contributed by atoms with Gasteiger partial charge in [0, 0.05) is 30.8 Å². The van der Waals surface area contributed by atoms with Crippen molar-refractivity contribution < 1.29 is 9.72 Å².